The first kappa shape index (κ1) is 16.6. The van der Waals surface area contributed by atoms with Crippen LogP contribution in [0.1, 0.15) is 15.9 Å². The number of nitrogens with one attached hydrogen (secondary N) is 1. The molecule has 5 heteroatoms. The van der Waals surface area contributed by atoms with E-state index in [1.807, 2.05) is 42.5 Å². The predicted octanol–water partition coefficient (Wildman–Crippen LogP) is 4.61. The van der Waals surface area contributed by atoms with Gasteiger partial charge in [-0.2, -0.15) is 11.8 Å². The first-order valence-electron chi connectivity index (χ1n) is 6.51. The Morgan fingerprint density at radius 2 is 1.95 bits per heavy atom. The lowest BCUT2D eigenvalue weighted by Crippen LogP contribution is -2.25. The van der Waals surface area contributed by atoms with E-state index in [0.29, 0.717) is 12.1 Å². The largest absolute Gasteiger partial charge is 0.351 e. The van der Waals surface area contributed by atoms with E-state index in [1.165, 1.54) is 5.56 Å². The zero-order valence-electron chi connectivity index (χ0n) is 11.3. The molecule has 0 fully saturated rings. The summed E-state index contributed by atoms with van der Waals surface area (Å²) in [5.74, 6) is 1.76. The van der Waals surface area contributed by atoms with E-state index in [0.717, 1.165) is 20.1 Å². The first-order valence-corrected chi connectivity index (χ1v) is 9.12. The van der Waals surface area contributed by atoms with Crippen molar-refractivity contribution in [2.45, 2.75) is 5.75 Å². The average Bonchev–Trinajstić information content (AvgIpc) is 2.47. The second kappa shape index (κ2) is 8.66. The predicted molar refractivity (Wildman–Crippen MR) is 99.1 cm³/mol. The highest BCUT2D eigenvalue weighted by Gasteiger charge is 2.04. The highest BCUT2D eigenvalue weighted by atomic mass is 127. The Bertz CT molecular complexity index is 603. The van der Waals surface area contributed by atoms with Crippen molar-refractivity contribution in [2.24, 2.45) is 0 Å². The Balaban J connectivity index is 1.68. The summed E-state index contributed by atoms with van der Waals surface area (Å²) >= 11 is 9.94. The lowest BCUT2D eigenvalue weighted by molar-refractivity contribution is 0.0956. The molecule has 2 aromatic rings. The van der Waals surface area contributed by atoms with Crippen molar-refractivity contribution in [3.63, 3.8) is 0 Å². The second-order valence-electron chi connectivity index (χ2n) is 4.45. The molecule has 0 bridgehead atoms. The van der Waals surface area contributed by atoms with Gasteiger partial charge in [-0.1, -0.05) is 23.7 Å². The molecular weight excluding hydrogens is 417 g/mol. The molecule has 0 aromatic heterocycles. The molecule has 2 nitrogen and oxygen atoms in total. The standard InChI is InChI=1S/C16H15ClINOS/c17-14-3-1-2-12(10-14)11-21-9-8-19-16(20)13-4-6-15(18)7-5-13/h1-7,10H,8-9,11H2,(H,19,20). The van der Waals surface area contributed by atoms with E-state index < -0.39 is 0 Å². The van der Waals surface area contributed by atoms with Crippen molar-refractivity contribution in [1.82, 2.24) is 5.32 Å². The van der Waals surface area contributed by atoms with Gasteiger partial charge in [0.05, 0.1) is 0 Å². The summed E-state index contributed by atoms with van der Waals surface area (Å²) in [7, 11) is 0. The highest BCUT2D eigenvalue weighted by molar-refractivity contribution is 14.1. The molecule has 2 rings (SSSR count). The van der Waals surface area contributed by atoms with Crippen LogP contribution in [0.5, 0.6) is 0 Å². The number of rotatable bonds is 6. The number of hydrogen-bond acceptors (Lipinski definition) is 2. The molecule has 0 heterocycles. The van der Waals surface area contributed by atoms with Crippen LogP contribution in [0.4, 0.5) is 0 Å². The summed E-state index contributed by atoms with van der Waals surface area (Å²) in [6.45, 7) is 0.663. The minimum Gasteiger partial charge on any atom is -0.351 e. The van der Waals surface area contributed by atoms with Gasteiger partial charge < -0.3 is 5.32 Å². The van der Waals surface area contributed by atoms with Gasteiger partial charge in [0, 0.05) is 32.2 Å². The molecule has 0 aliphatic heterocycles. The molecule has 110 valence electrons. The van der Waals surface area contributed by atoms with Crippen LogP contribution in [0.2, 0.25) is 5.02 Å². The number of carbonyl (C=O) groups is 1. The third-order valence-electron chi connectivity index (χ3n) is 2.80. The number of amides is 1. The molecule has 0 saturated carbocycles. The van der Waals surface area contributed by atoms with Crippen molar-refractivity contribution >= 4 is 51.9 Å². The minimum absolute atomic E-state index is 0.0187. The van der Waals surface area contributed by atoms with Crippen LogP contribution in [0.3, 0.4) is 0 Å². The number of halogens is 2. The van der Waals surface area contributed by atoms with Crippen LogP contribution in [-0.4, -0.2) is 18.2 Å². The molecule has 0 saturated heterocycles. The number of carbonyl (C=O) groups excluding carboxylic acids is 1. The quantitative estimate of drug-likeness (QED) is 0.535. The van der Waals surface area contributed by atoms with Crippen molar-refractivity contribution in [2.75, 3.05) is 12.3 Å². The lowest BCUT2D eigenvalue weighted by Gasteiger charge is -2.06. The Labute approximate surface area is 147 Å². The Morgan fingerprint density at radius 3 is 2.67 bits per heavy atom. The average molecular weight is 432 g/mol. The zero-order valence-corrected chi connectivity index (χ0v) is 15.0. The van der Waals surface area contributed by atoms with Gasteiger partial charge in [-0.3, -0.25) is 4.79 Å². The third kappa shape index (κ3) is 5.88. The molecule has 0 atom stereocenters. The number of hydrogen-bond donors (Lipinski definition) is 1. The highest BCUT2D eigenvalue weighted by Crippen LogP contribution is 2.16. The molecule has 1 amide bonds. The molecule has 0 aliphatic carbocycles. The molecule has 0 aliphatic rings. The summed E-state index contributed by atoms with van der Waals surface area (Å²) in [6, 6.07) is 15.4. The van der Waals surface area contributed by atoms with E-state index in [9.17, 15) is 4.79 Å². The molecule has 2 aromatic carbocycles. The van der Waals surface area contributed by atoms with E-state index in [2.05, 4.69) is 34.0 Å². The summed E-state index contributed by atoms with van der Waals surface area (Å²) in [6.07, 6.45) is 0. The molecule has 21 heavy (non-hydrogen) atoms. The lowest BCUT2D eigenvalue weighted by atomic mass is 10.2. The number of thioether (sulfide) groups is 1. The monoisotopic (exact) mass is 431 g/mol. The van der Waals surface area contributed by atoms with Gasteiger partial charge in [-0.05, 0) is 64.6 Å². The van der Waals surface area contributed by atoms with Crippen molar-refractivity contribution in [3.05, 3.63) is 68.3 Å². The van der Waals surface area contributed by atoms with Crippen molar-refractivity contribution < 1.29 is 4.79 Å². The Morgan fingerprint density at radius 1 is 1.19 bits per heavy atom. The van der Waals surface area contributed by atoms with Gasteiger partial charge in [0.2, 0.25) is 0 Å². The first-order chi connectivity index (χ1) is 10.1. The fourth-order valence-corrected chi connectivity index (χ4v) is 3.14. The van der Waals surface area contributed by atoms with Gasteiger partial charge >= 0.3 is 0 Å². The van der Waals surface area contributed by atoms with Gasteiger partial charge in [-0.15, -0.1) is 0 Å². The van der Waals surface area contributed by atoms with E-state index in [1.54, 1.807) is 11.8 Å². The van der Waals surface area contributed by atoms with Crippen LogP contribution in [0.15, 0.2) is 48.5 Å². The summed E-state index contributed by atoms with van der Waals surface area (Å²) in [5.41, 5.74) is 1.91. The van der Waals surface area contributed by atoms with Gasteiger partial charge in [0.1, 0.15) is 0 Å². The van der Waals surface area contributed by atoms with Gasteiger partial charge in [-0.25, -0.2) is 0 Å². The topological polar surface area (TPSA) is 29.1 Å². The summed E-state index contributed by atoms with van der Waals surface area (Å²) in [5, 5.41) is 3.69. The molecular formula is C16H15ClINOS. The van der Waals surface area contributed by atoms with Crippen molar-refractivity contribution in [1.29, 1.82) is 0 Å². The maximum Gasteiger partial charge on any atom is 0.251 e. The maximum atomic E-state index is 11.9. The van der Waals surface area contributed by atoms with Gasteiger partial charge in [0.25, 0.3) is 5.91 Å². The maximum absolute atomic E-state index is 11.9. The second-order valence-corrected chi connectivity index (χ2v) is 7.23. The number of benzene rings is 2. The van der Waals surface area contributed by atoms with Crippen LogP contribution in [0.25, 0.3) is 0 Å². The van der Waals surface area contributed by atoms with Crippen molar-refractivity contribution in [3.8, 4) is 0 Å². The molecule has 0 radical (unpaired) electrons. The molecule has 0 spiro atoms. The van der Waals surface area contributed by atoms with Gasteiger partial charge in [0.15, 0.2) is 0 Å². The molecule has 0 unspecified atom stereocenters. The minimum atomic E-state index is -0.0187. The molecule has 1 N–H and O–H groups in total. The van der Waals surface area contributed by atoms with E-state index in [-0.39, 0.29) is 5.91 Å². The van der Waals surface area contributed by atoms with E-state index in [4.69, 9.17) is 11.6 Å². The van der Waals surface area contributed by atoms with E-state index >= 15 is 0 Å². The SMILES string of the molecule is O=C(NCCSCc1cccc(Cl)c1)c1ccc(I)cc1. The Hall–Kier alpha value is -0.720. The fraction of sp³-hybridized carbons (Fsp3) is 0.188. The van der Waals surface area contributed by atoms with Crippen LogP contribution in [0, 0.1) is 3.57 Å². The summed E-state index contributed by atoms with van der Waals surface area (Å²) < 4.78 is 1.13. The summed E-state index contributed by atoms with van der Waals surface area (Å²) in [4.78, 5) is 11.9. The van der Waals surface area contributed by atoms with Crippen LogP contribution >= 0.6 is 46.0 Å². The Kier molecular flexibility index (Phi) is 6.86. The fourth-order valence-electron chi connectivity index (χ4n) is 1.76. The van der Waals surface area contributed by atoms with Crippen LogP contribution < -0.4 is 5.32 Å². The normalized spacial score (nSPS) is 10.4. The third-order valence-corrected chi connectivity index (χ3v) is 4.78. The smallest absolute Gasteiger partial charge is 0.251 e. The van der Waals surface area contributed by atoms with Crippen LogP contribution in [-0.2, 0) is 5.75 Å². The zero-order chi connectivity index (χ0) is 15.1.